The summed E-state index contributed by atoms with van der Waals surface area (Å²) in [6.07, 6.45) is 4.88. The van der Waals surface area contributed by atoms with Gasteiger partial charge in [0.05, 0.1) is 6.61 Å². The Morgan fingerprint density at radius 3 is 2.72 bits per heavy atom. The van der Waals surface area contributed by atoms with Gasteiger partial charge in [0.15, 0.2) is 0 Å². The van der Waals surface area contributed by atoms with E-state index in [1.165, 1.54) is 0 Å². The van der Waals surface area contributed by atoms with Gasteiger partial charge in [-0.1, -0.05) is 19.8 Å². The highest BCUT2D eigenvalue weighted by atomic mass is 35.7. The maximum atomic E-state index is 11.8. The third-order valence-corrected chi connectivity index (χ3v) is 4.53. The average Bonchev–Trinajstić information content (AvgIpc) is 2.33. The number of esters is 1. The van der Waals surface area contributed by atoms with Gasteiger partial charge >= 0.3 is 15.2 Å². The molecular weight excluding hydrogens is 278 g/mol. The van der Waals surface area contributed by atoms with Crippen molar-refractivity contribution in [3.05, 3.63) is 0 Å². The first kappa shape index (κ1) is 15.7. The van der Waals surface area contributed by atoms with E-state index in [1.807, 2.05) is 0 Å². The predicted octanol–water partition coefficient (Wildman–Crippen LogP) is 2.06. The van der Waals surface area contributed by atoms with Crippen molar-refractivity contribution in [2.75, 3.05) is 13.2 Å². The molecule has 106 valence electrons. The third kappa shape index (κ3) is 4.74. The number of hydrogen-bond acceptors (Lipinski definition) is 4. The molecule has 1 heterocycles. The van der Waals surface area contributed by atoms with Crippen LogP contribution in [0, 0.1) is 0 Å². The van der Waals surface area contributed by atoms with E-state index in [1.54, 1.807) is 0 Å². The molecule has 0 spiro atoms. The van der Waals surface area contributed by atoms with Crippen molar-refractivity contribution in [3.8, 4) is 0 Å². The third-order valence-electron chi connectivity index (χ3n) is 3.00. The van der Waals surface area contributed by atoms with Crippen LogP contribution < -0.4 is 0 Å². The topological polar surface area (TPSA) is 63.7 Å². The van der Waals surface area contributed by atoms with Crippen molar-refractivity contribution in [3.63, 3.8) is 0 Å². The van der Waals surface area contributed by atoms with E-state index in [4.69, 9.17) is 15.4 Å². The lowest BCUT2D eigenvalue weighted by atomic mass is 10.1. The van der Waals surface area contributed by atoms with Gasteiger partial charge in [0, 0.05) is 17.2 Å². The fourth-order valence-corrected chi connectivity index (χ4v) is 3.36. The van der Waals surface area contributed by atoms with Gasteiger partial charge in [0.1, 0.15) is 6.04 Å². The number of piperidine rings is 1. The van der Waals surface area contributed by atoms with Gasteiger partial charge in [-0.2, -0.15) is 12.7 Å². The minimum absolute atomic E-state index is 0.292. The van der Waals surface area contributed by atoms with Crippen LogP contribution in [0.5, 0.6) is 0 Å². The maximum absolute atomic E-state index is 11.8. The van der Waals surface area contributed by atoms with Crippen molar-refractivity contribution < 1.29 is 17.9 Å². The summed E-state index contributed by atoms with van der Waals surface area (Å²) >= 11 is 0. The van der Waals surface area contributed by atoms with Crippen molar-refractivity contribution in [1.82, 2.24) is 4.31 Å². The lowest BCUT2D eigenvalue weighted by molar-refractivity contribution is -0.149. The molecule has 1 aliphatic heterocycles. The molecule has 1 saturated heterocycles. The minimum Gasteiger partial charge on any atom is -0.464 e. The average molecular weight is 298 g/mol. The van der Waals surface area contributed by atoms with Crippen LogP contribution in [0.25, 0.3) is 0 Å². The maximum Gasteiger partial charge on any atom is 0.324 e. The summed E-state index contributed by atoms with van der Waals surface area (Å²) in [7, 11) is 1.47. The molecule has 1 atom stereocenters. The van der Waals surface area contributed by atoms with Gasteiger partial charge in [-0.25, -0.2) is 0 Å². The highest BCUT2D eigenvalue weighted by molar-refractivity contribution is 8.11. The van der Waals surface area contributed by atoms with E-state index in [0.717, 1.165) is 36.4 Å². The van der Waals surface area contributed by atoms with Crippen LogP contribution in [-0.2, 0) is 18.8 Å². The standard InChI is InChI=1S/C11H20ClNO4S/c1-2-3-6-9-17-11(14)10-7-4-5-8-13(10)18(12,15)16/h10H,2-9H2,1H3/t10-/m0/s1. The minimum atomic E-state index is -3.85. The molecule has 1 rings (SSSR count). The molecule has 0 amide bonds. The quantitative estimate of drug-likeness (QED) is 0.428. The molecule has 7 heteroatoms. The van der Waals surface area contributed by atoms with Crippen LogP contribution >= 0.6 is 10.7 Å². The molecular formula is C11H20ClNO4S. The molecule has 0 N–H and O–H groups in total. The van der Waals surface area contributed by atoms with Crippen molar-refractivity contribution in [2.45, 2.75) is 51.5 Å². The van der Waals surface area contributed by atoms with Crippen LogP contribution in [0.15, 0.2) is 0 Å². The van der Waals surface area contributed by atoms with Crippen molar-refractivity contribution in [2.24, 2.45) is 0 Å². The zero-order valence-electron chi connectivity index (χ0n) is 10.6. The Balaban J connectivity index is 2.53. The zero-order chi connectivity index (χ0) is 13.6. The Morgan fingerprint density at radius 1 is 1.39 bits per heavy atom. The molecule has 0 saturated carbocycles. The summed E-state index contributed by atoms with van der Waals surface area (Å²) in [6, 6.07) is -0.747. The molecule has 0 unspecified atom stereocenters. The monoisotopic (exact) mass is 297 g/mol. The fourth-order valence-electron chi connectivity index (χ4n) is 2.02. The summed E-state index contributed by atoms with van der Waals surface area (Å²) in [5.41, 5.74) is 0. The fraction of sp³-hybridized carbons (Fsp3) is 0.909. The van der Waals surface area contributed by atoms with Gasteiger partial charge in [-0.15, -0.1) is 0 Å². The molecule has 18 heavy (non-hydrogen) atoms. The summed E-state index contributed by atoms with van der Waals surface area (Å²) in [6.45, 7) is 2.70. The second kappa shape index (κ2) is 7.31. The number of carbonyl (C=O) groups is 1. The van der Waals surface area contributed by atoms with E-state index < -0.39 is 21.2 Å². The van der Waals surface area contributed by atoms with Crippen LogP contribution in [0.3, 0.4) is 0 Å². The number of halogens is 1. The van der Waals surface area contributed by atoms with Gasteiger partial charge in [-0.05, 0) is 25.7 Å². The number of ether oxygens (including phenoxy) is 1. The zero-order valence-corrected chi connectivity index (χ0v) is 12.2. The molecule has 0 aromatic carbocycles. The first-order valence-corrected chi connectivity index (χ1v) is 8.61. The lowest BCUT2D eigenvalue weighted by Gasteiger charge is -2.30. The van der Waals surface area contributed by atoms with E-state index >= 15 is 0 Å². The largest absolute Gasteiger partial charge is 0.464 e. The van der Waals surface area contributed by atoms with Gasteiger partial charge in [0.25, 0.3) is 0 Å². The summed E-state index contributed by atoms with van der Waals surface area (Å²) < 4.78 is 28.9. The number of carbonyl (C=O) groups excluding carboxylic acids is 1. The highest BCUT2D eigenvalue weighted by Gasteiger charge is 2.36. The van der Waals surface area contributed by atoms with E-state index in [9.17, 15) is 13.2 Å². The number of hydrogen-bond donors (Lipinski definition) is 0. The Kier molecular flexibility index (Phi) is 6.38. The second-order valence-corrected chi connectivity index (χ2v) is 6.90. The van der Waals surface area contributed by atoms with Crippen molar-refractivity contribution in [1.29, 1.82) is 0 Å². The van der Waals surface area contributed by atoms with Gasteiger partial charge in [-0.3, -0.25) is 4.79 Å². The Bertz CT molecular complexity index is 371. The molecule has 5 nitrogen and oxygen atoms in total. The second-order valence-electron chi connectivity index (χ2n) is 4.44. The molecule has 1 aliphatic rings. The Hall–Kier alpha value is -0.330. The highest BCUT2D eigenvalue weighted by Crippen LogP contribution is 2.23. The first-order valence-electron chi connectivity index (χ1n) is 6.35. The molecule has 0 aliphatic carbocycles. The summed E-state index contributed by atoms with van der Waals surface area (Å²) in [5.74, 6) is -0.477. The Morgan fingerprint density at radius 2 is 2.11 bits per heavy atom. The molecule has 1 fully saturated rings. The first-order chi connectivity index (χ1) is 8.46. The SMILES string of the molecule is CCCCCOC(=O)[C@@H]1CCCCN1S(=O)(=O)Cl. The number of unbranched alkanes of at least 4 members (excludes halogenated alkanes) is 2. The van der Waals surface area contributed by atoms with Crippen LogP contribution in [0.4, 0.5) is 0 Å². The number of rotatable bonds is 6. The molecule has 0 bridgehead atoms. The summed E-state index contributed by atoms with van der Waals surface area (Å²) in [4.78, 5) is 11.8. The van der Waals surface area contributed by atoms with E-state index in [0.29, 0.717) is 19.6 Å². The molecule has 0 aromatic rings. The van der Waals surface area contributed by atoms with Crippen LogP contribution in [0.1, 0.15) is 45.4 Å². The van der Waals surface area contributed by atoms with E-state index in [-0.39, 0.29) is 0 Å². The molecule has 0 aromatic heterocycles. The Labute approximate surface area is 113 Å². The normalized spacial score (nSPS) is 21.8. The van der Waals surface area contributed by atoms with Gasteiger partial charge in [0.2, 0.25) is 0 Å². The predicted molar refractivity (Wildman–Crippen MR) is 69.6 cm³/mol. The summed E-state index contributed by atoms with van der Waals surface area (Å²) in [5, 5.41) is 0. The van der Waals surface area contributed by atoms with E-state index in [2.05, 4.69) is 6.92 Å². The van der Waals surface area contributed by atoms with Gasteiger partial charge < -0.3 is 4.74 Å². The number of nitrogens with zero attached hydrogens (tertiary/aromatic N) is 1. The van der Waals surface area contributed by atoms with Crippen LogP contribution in [-0.4, -0.2) is 37.9 Å². The lowest BCUT2D eigenvalue weighted by Crippen LogP contribution is -2.46. The van der Waals surface area contributed by atoms with Crippen LogP contribution in [0.2, 0.25) is 0 Å². The smallest absolute Gasteiger partial charge is 0.324 e. The van der Waals surface area contributed by atoms with Crippen molar-refractivity contribution >= 4 is 25.9 Å². The molecule has 0 radical (unpaired) electrons.